The fraction of sp³-hybridized carbons (Fsp3) is 0.357. The van der Waals surface area contributed by atoms with E-state index < -0.39 is 0 Å². The van der Waals surface area contributed by atoms with Crippen LogP contribution < -0.4 is 5.32 Å². The number of benzene rings is 1. The van der Waals surface area contributed by atoms with Crippen molar-refractivity contribution in [1.82, 2.24) is 0 Å². The van der Waals surface area contributed by atoms with Gasteiger partial charge in [-0.15, -0.1) is 0 Å². The number of hydrogen-bond acceptors (Lipinski definition) is 2. The predicted molar refractivity (Wildman–Crippen MR) is 68.6 cm³/mol. The first-order chi connectivity index (χ1) is 8.04. The summed E-state index contributed by atoms with van der Waals surface area (Å²) in [4.78, 5) is 11.6. The molecule has 0 bridgehead atoms. The van der Waals surface area contributed by atoms with E-state index in [4.69, 9.17) is 5.11 Å². The summed E-state index contributed by atoms with van der Waals surface area (Å²) in [6.45, 7) is 5.44. The van der Waals surface area contributed by atoms with Crippen LogP contribution in [0.15, 0.2) is 18.2 Å². The van der Waals surface area contributed by atoms with E-state index in [9.17, 15) is 4.79 Å². The average molecular weight is 231 g/mol. The highest BCUT2D eigenvalue weighted by molar-refractivity contribution is 5.93. The minimum Gasteiger partial charge on any atom is -0.384 e. The molecule has 0 radical (unpaired) electrons. The molecular formula is C14H17NO2. The third kappa shape index (κ3) is 3.93. The molecule has 0 aliphatic heterocycles. The Balaban J connectivity index is 3.03. The maximum atomic E-state index is 11.6. The second kappa shape index (κ2) is 6.07. The summed E-state index contributed by atoms with van der Waals surface area (Å²) in [5.74, 6) is 5.29. The van der Waals surface area contributed by atoms with Crippen LogP contribution in [0.5, 0.6) is 0 Å². The number of nitrogens with one attached hydrogen (secondary N) is 1. The molecule has 0 spiro atoms. The van der Waals surface area contributed by atoms with Crippen molar-refractivity contribution in [2.45, 2.75) is 20.8 Å². The third-order valence-corrected chi connectivity index (χ3v) is 2.26. The van der Waals surface area contributed by atoms with Crippen LogP contribution in [0.3, 0.4) is 0 Å². The van der Waals surface area contributed by atoms with Crippen molar-refractivity contribution < 1.29 is 9.90 Å². The molecule has 17 heavy (non-hydrogen) atoms. The van der Waals surface area contributed by atoms with Crippen LogP contribution in [0, 0.1) is 24.7 Å². The van der Waals surface area contributed by atoms with Gasteiger partial charge in [-0.3, -0.25) is 4.79 Å². The molecule has 0 saturated carbocycles. The first-order valence-corrected chi connectivity index (χ1v) is 5.56. The number of aliphatic hydroxyl groups is 1. The van der Waals surface area contributed by atoms with Gasteiger partial charge in [-0.2, -0.15) is 0 Å². The number of rotatable bonds is 2. The SMILES string of the molecule is Cc1ccc(C#CCO)c(NC(=O)C(C)C)c1. The van der Waals surface area contributed by atoms with Gasteiger partial charge >= 0.3 is 0 Å². The number of amides is 1. The van der Waals surface area contributed by atoms with Gasteiger partial charge in [-0.25, -0.2) is 0 Å². The lowest BCUT2D eigenvalue weighted by atomic mass is 10.1. The largest absolute Gasteiger partial charge is 0.384 e. The molecule has 0 fully saturated rings. The number of anilines is 1. The molecule has 1 rings (SSSR count). The summed E-state index contributed by atoms with van der Waals surface area (Å²) in [7, 11) is 0. The van der Waals surface area contributed by atoms with Gasteiger partial charge in [0.2, 0.25) is 5.91 Å². The standard InChI is InChI=1S/C14H17NO2/c1-10(2)14(17)15-13-9-11(3)6-7-12(13)5-4-8-16/h6-7,9-10,16H,8H2,1-3H3,(H,15,17). The van der Waals surface area contributed by atoms with Gasteiger partial charge in [-0.05, 0) is 24.6 Å². The number of carbonyl (C=O) groups is 1. The van der Waals surface area contributed by atoms with Crippen LogP contribution >= 0.6 is 0 Å². The topological polar surface area (TPSA) is 49.3 Å². The summed E-state index contributed by atoms with van der Waals surface area (Å²) in [5.41, 5.74) is 2.47. The Hall–Kier alpha value is -1.79. The van der Waals surface area contributed by atoms with Crippen molar-refractivity contribution in [3.05, 3.63) is 29.3 Å². The van der Waals surface area contributed by atoms with E-state index in [1.807, 2.05) is 39.0 Å². The van der Waals surface area contributed by atoms with E-state index in [1.165, 1.54) is 0 Å². The fourth-order valence-electron chi connectivity index (χ4n) is 1.28. The fourth-order valence-corrected chi connectivity index (χ4v) is 1.28. The van der Waals surface area contributed by atoms with Crippen molar-refractivity contribution in [1.29, 1.82) is 0 Å². The van der Waals surface area contributed by atoms with Gasteiger partial charge in [-0.1, -0.05) is 31.8 Å². The van der Waals surface area contributed by atoms with E-state index in [0.717, 1.165) is 11.1 Å². The van der Waals surface area contributed by atoms with Crippen LogP contribution in [0.25, 0.3) is 0 Å². The zero-order valence-corrected chi connectivity index (χ0v) is 10.4. The summed E-state index contributed by atoms with van der Waals surface area (Å²) >= 11 is 0. The highest BCUT2D eigenvalue weighted by Gasteiger charge is 2.09. The highest BCUT2D eigenvalue weighted by Crippen LogP contribution is 2.17. The quantitative estimate of drug-likeness (QED) is 0.764. The molecule has 0 aliphatic rings. The third-order valence-electron chi connectivity index (χ3n) is 2.26. The molecule has 2 N–H and O–H groups in total. The number of carbonyl (C=O) groups excluding carboxylic acids is 1. The van der Waals surface area contributed by atoms with Gasteiger partial charge in [0.05, 0.1) is 5.69 Å². The zero-order chi connectivity index (χ0) is 12.8. The molecule has 1 aromatic rings. The van der Waals surface area contributed by atoms with Crippen LogP contribution in [0.1, 0.15) is 25.0 Å². The van der Waals surface area contributed by atoms with Gasteiger partial charge in [0.1, 0.15) is 6.61 Å². The molecule has 3 nitrogen and oxygen atoms in total. The van der Waals surface area contributed by atoms with Crippen molar-refractivity contribution in [3.8, 4) is 11.8 Å². The molecule has 0 heterocycles. The van der Waals surface area contributed by atoms with Crippen molar-refractivity contribution >= 4 is 11.6 Å². The van der Waals surface area contributed by atoms with Crippen molar-refractivity contribution in [2.75, 3.05) is 11.9 Å². The average Bonchev–Trinajstić information content (AvgIpc) is 2.28. The molecule has 3 heteroatoms. The van der Waals surface area contributed by atoms with Gasteiger partial charge < -0.3 is 10.4 Å². The Bertz CT molecular complexity index is 467. The lowest BCUT2D eigenvalue weighted by Crippen LogP contribution is -2.18. The second-order valence-electron chi connectivity index (χ2n) is 4.15. The molecular weight excluding hydrogens is 214 g/mol. The number of aliphatic hydroxyl groups excluding tert-OH is 1. The molecule has 90 valence electrons. The zero-order valence-electron chi connectivity index (χ0n) is 10.4. The van der Waals surface area contributed by atoms with Crippen LogP contribution in [-0.4, -0.2) is 17.6 Å². The Labute approximate surface area is 102 Å². The molecule has 1 amide bonds. The molecule has 0 unspecified atom stereocenters. The first-order valence-electron chi connectivity index (χ1n) is 5.56. The Morgan fingerprint density at radius 3 is 2.76 bits per heavy atom. The maximum absolute atomic E-state index is 11.6. The van der Waals surface area contributed by atoms with Gasteiger partial charge in [0, 0.05) is 11.5 Å². The smallest absolute Gasteiger partial charge is 0.226 e. The predicted octanol–water partition coefficient (Wildman–Crippen LogP) is 1.93. The van der Waals surface area contributed by atoms with E-state index in [-0.39, 0.29) is 18.4 Å². The Kier molecular flexibility index (Phi) is 4.74. The minimum atomic E-state index is -0.189. The van der Waals surface area contributed by atoms with Crippen LogP contribution in [-0.2, 0) is 4.79 Å². The van der Waals surface area contributed by atoms with E-state index >= 15 is 0 Å². The van der Waals surface area contributed by atoms with E-state index in [0.29, 0.717) is 5.69 Å². The maximum Gasteiger partial charge on any atom is 0.226 e. The Morgan fingerprint density at radius 2 is 2.18 bits per heavy atom. The summed E-state index contributed by atoms with van der Waals surface area (Å²) in [6, 6.07) is 5.64. The normalized spacial score (nSPS) is 9.71. The van der Waals surface area contributed by atoms with Crippen molar-refractivity contribution in [3.63, 3.8) is 0 Å². The van der Waals surface area contributed by atoms with E-state index in [1.54, 1.807) is 0 Å². The van der Waals surface area contributed by atoms with E-state index in [2.05, 4.69) is 17.2 Å². The number of aryl methyl sites for hydroxylation is 1. The molecule has 1 aromatic carbocycles. The van der Waals surface area contributed by atoms with Crippen LogP contribution in [0.2, 0.25) is 0 Å². The second-order valence-corrected chi connectivity index (χ2v) is 4.15. The minimum absolute atomic E-state index is 0.0392. The first kappa shape index (κ1) is 13.3. The summed E-state index contributed by atoms with van der Waals surface area (Å²) in [6.07, 6.45) is 0. The number of hydrogen-bond donors (Lipinski definition) is 2. The molecule has 0 saturated heterocycles. The lowest BCUT2D eigenvalue weighted by Gasteiger charge is -2.10. The van der Waals surface area contributed by atoms with Gasteiger partial charge in [0.25, 0.3) is 0 Å². The summed E-state index contributed by atoms with van der Waals surface area (Å²) < 4.78 is 0. The lowest BCUT2D eigenvalue weighted by molar-refractivity contribution is -0.118. The monoisotopic (exact) mass is 231 g/mol. The summed E-state index contributed by atoms with van der Waals surface area (Å²) in [5, 5.41) is 11.5. The molecule has 0 aromatic heterocycles. The molecule has 0 atom stereocenters. The van der Waals surface area contributed by atoms with Crippen molar-refractivity contribution in [2.24, 2.45) is 5.92 Å². The van der Waals surface area contributed by atoms with Gasteiger partial charge in [0.15, 0.2) is 0 Å². The van der Waals surface area contributed by atoms with Crippen LogP contribution in [0.4, 0.5) is 5.69 Å². The highest BCUT2D eigenvalue weighted by atomic mass is 16.2. The Morgan fingerprint density at radius 1 is 1.47 bits per heavy atom. The molecule has 0 aliphatic carbocycles.